The van der Waals surface area contributed by atoms with Crippen LogP contribution in [0, 0.1) is 0 Å². The first-order valence-corrected chi connectivity index (χ1v) is 10.1. The lowest BCUT2D eigenvalue weighted by Gasteiger charge is -2.23. The molecule has 0 saturated carbocycles. The van der Waals surface area contributed by atoms with Crippen LogP contribution in [0.25, 0.3) is 21.9 Å². The summed E-state index contributed by atoms with van der Waals surface area (Å²) in [7, 11) is 1.94. The number of halogens is 1. The number of carbonyl (C=O) groups is 1. The summed E-state index contributed by atoms with van der Waals surface area (Å²) in [4.78, 5) is 28.3. The molecular formula is C24H18ClN5O. The van der Waals surface area contributed by atoms with Gasteiger partial charge in [0.15, 0.2) is 0 Å². The molecule has 0 atom stereocenters. The fourth-order valence-corrected chi connectivity index (χ4v) is 3.85. The first-order valence-electron chi connectivity index (χ1n) is 9.77. The van der Waals surface area contributed by atoms with Gasteiger partial charge in [-0.05, 0) is 48.0 Å². The van der Waals surface area contributed by atoms with Crippen molar-refractivity contribution in [2.24, 2.45) is 7.05 Å². The van der Waals surface area contributed by atoms with Gasteiger partial charge in [0.1, 0.15) is 10.7 Å². The number of benzene rings is 2. The zero-order chi connectivity index (χ0) is 21.4. The highest BCUT2D eigenvalue weighted by Crippen LogP contribution is 2.29. The van der Waals surface area contributed by atoms with E-state index in [9.17, 15) is 4.79 Å². The molecule has 3 heterocycles. The lowest BCUT2D eigenvalue weighted by molar-refractivity contribution is 0.0985. The second kappa shape index (κ2) is 7.81. The molecule has 0 spiro atoms. The summed E-state index contributed by atoms with van der Waals surface area (Å²) in [5.41, 5.74) is 4.70. The van der Waals surface area contributed by atoms with Crippen LogP contribution in [0.15, 0.2) is 79.4 Å². The van der Waals surface area contributed by atoms with E-state index in [1.807, 2.05) is 54.1 Å². The van der Waals surface area contributed by atoms with Gasteiger partial charge in [-0.3, -0.25) is 9.78 Å². The van der Waals surface area contributed by atoms with Crippen molar-refractivity contribution in [1.29, 1.82) is 0 Å². The van der Waals surface area contributed by atoms with E-state index in [1.165, 1.54) is 0 Å². The SMILES string of the molecule is Cn1cnc2c(N(Cc3ccc4ccc(Cl)nc4c3)C(=O)c3cccnc3)cccc21. The number of rotatable bonds is 4. The van der Waals surface area contributed by atoms with Crippen LogP contribution in [-0.2, 0) is 13.6 Å². The van der Waals surface area contributed by atoms with Gasteiger partial charge in [0.2, 0.25) is 0 Å². The highest BCUT2D eigenvalue weighted by molar-refractivity contribution is 6.29. The first-order chi connectivity index (χ1) is 15.1. The second-order valence-corrected chi connectivity index (χ2v) is 7.68. The molecule has 1 amide bonds. The maximum atomic E-state index is 13.5. The number of nitrogens with zero attached hydrogens (tertiary/aromatic N) is 5. The third-order valence-corrected chi connectivity index (χ3v) is 5.45. The molecular weight excluding hydrogens is 410 g/mol. The van der Waals surface area contributed by atoms with Gasteiger partial charge in [0, 0.05) is 24.8 Å². The van der Waals surface area contributed by atoms with Crippen molar-refractivity contribution in [1.82, 2.24) is 19.5 Å². The number of para-hydroxylation sites is 1. The van der Waals surface area contributed by atoms with E-state index in [0.717, 1.165) is 33.2 Å². The summed E-state index contributed by atoms with van der Waals surface area (Å²) in [6, 6.07) is 19.0. The van der Waals surface area contributed by atoms with Crippen molar-refractivity contribution >= 4 is 45.1 Å². The Hall–Kier alpha value is -3.77. The van der Waals surface area contributed by atoms with Crippen molar-refractivity contribution in [3.05, 3.63) is 95.7 Å². The van der Waals surface area contributed by atoms with E-state index in [2.05, 4.69) is 15.0 Å². The van der Waals surface area contributed by atoms with Crippen LogP contribution < -0.4 is 4.90 Å². The minimum atomic E-state index is -0.148. The molecule has 0 bridgehead atoms. The molecule has 0 unspecified atom stereocenters. The molecule has 31 heavy (non-hydrogen) atoms. The van der Waals surface area contributed by atoms with Gasteiger partial charge in [0.25, 0.3) is 5.91 Å². The average molecular weight is 428 g/mol. The number of pyridine rings is 2. The number of imidazole rings is 1. The van der Waals surface area contributed by atoms with Crippen LogP contribution in [-0.4, -0.2) is 25.4 Å². The van der Waals surface area contributed by atoms with E-state index in [-0.39, 0.29) is 5.91 Å². The van der Waals surface area contributed by atoms with E-state index in [1.54, 1.807) is 41.8 Å². The van der Waals surface area contributed by atoms with Gasteiger partial charge in [-0.1, -0.05) is 29.8 Å². The molecule has 0 aliphatic heterocycles. The first kappa shape index (κ1) is 19.2. The van der Waals surface area contributed by atoms with Crippen LogP contribution in [0.5, 0.6) is 0 Å². The fraction of sp³-hybridized carbons (Fsp3) is 0.0833. The normalized spacial score (nSPS) is 11.2. The topological polar surface area (TPSA) is 63.9 Å². The molecule has 0 N–H and O–H groups in total. The van der Waals surface area contributed by atoms with Gasteiger partial charge >= 0.3 is 0 Å². The maximum Gasteiger partial charge on any atom is 0.260 e. The minimum absolute atomic E-state index is 0.148. The smallest absolute Gasteiger partial charge is 0.260 e. The van der Waals surface area contributed by atoms with Crippen LogP contribution in [0.3, 0.4) is 0 Å². The Morgan fingerprint density at radius 2 is 1.97 bits per heavy atom. The lowest BCUT2D eigenvalue weighted by Crippen LogP contribution is -2.30. The standard InChI is InChI=1S/C24H18ClN5O/c1-29-15-27-23-20(29)5-2-6-21(23)30(24(31)18-4-3-11-26-13-18)14-16-7-8-17-9-10-22(25)28-19(17)12-16/h2-13,15H,14H2,1H3. The molecule has 3 aromatic heterocycles. The monoisotopic (exact) mass is 427 g/mol. The summed E-state index contributed by atoms with van der Waals surface area (Å²) in [6.45, 7) is 0.355. The zero-order valence-electron chi connectivity index (χ0n) is 16.7. The van der Waals surface area contributed by atoms with Crippen molar-refractivity contribution < 1.29 is 4.79 Å². The lowest BCUT2D eigenvalue weighted by atomic mass is 10.1. The van der Waals surface area contributed by atoms with Crippen LogP contribution in [0.1, 0.15) is 15.9 Å². The number of aryl methyl sites for hydroxylation is 1. The third-order valence-electron chi connectivity index (χ3n) is 5.24. The van der Waals surface area contributed by atoms with Gasteiger partial charge in [-0.25, -0.2) is 9.97 Å². The Morgan fingerprint density at radius 3 is 2.81 bits per heavy atom. The molecule has 0 aliphatic rings. The minimum Gasteiger partial charge on any atom is -0.334 e. The summed E-state index contributed by atoms with van der Waals surface area (Å²) >= 11 is 6.08. The van der Waals surface area contributed by atoms with E-state index in [0.29, 0.717) is 17.3 Å². The van der Waals surface area contributed by atoms with Crippen molar-refractivity contribution in [3.63, 3.8) is 0 Å². The number of hydrogen-bond donors (Lipinski definition) is 0. The number of aromatic nitrogens is 4. The summed E-state index contributed by atoms with van der Waals surface area (Å²) < 4.78 is 1.94. The summed E-state index contributed by atoms with van der Waals surface area (Å²) in [5, 5.41) is 1.43. The summed E-state index contributed by atoms with van der Waals surface area (Å²) in [6.07, 6.45) is 4.98. The van der Waals surface area contributed by atoms with Crippen molar-refractivity contribution in [3.8, 4) is 0 Å². The van der Waals surface area contributed by atoms with E-state index < -0.39 is 0 Å². The third kappa shape index (κ3) is 3.62. The van der Waals surface area contributed by atoms with Crippen LogP contribution in [0.4, 0.5) is 5.69 Å². The van der Waals surface area contributed by atoms with Gasteiger partial charge in [-0.2, -0.15) is 0 Å². The fourth-order valence-electron chi connectivity index (χ4n) is 3.69. The number of anilines is 1. The van der Waals surface area contributed by atoms with Crippen molar-refractivity contribution in [2.45, 2.75) is 6.54 Å². The van der Waals surface area contributed by atoms with Crippen LogP contribution >= 0.6 is 11.6 Å². The number of fused-ring (bicyclic) bond motifs is 2. The number of carbonyl (C=O) groups excluding carboxylic acids is 1. The highest BCUT2D eigenvalue weighted by atomic mass is 35.5. The van der Waals surface area contributed by atoms with E-state index in [4.69, 9.17) is 11.6 Å². The molecule has 2 aromatic carbocycles. The molecule has 152 valence electrons. The molecule has 0 aliphatic carbocycles. The molecule has 0 fully saturated rings. The quantitative estimate of drug-likeness (QED) is 0.378. The second-order valence-electron chi connectivity index (χ2n) is 7.29. The Bertz CT molecular complexity index is 1410. The molecule has 6 nitrogen and oxygen atoms in total. The molecule has 0 saturated heterocycles. The summed E-state index contributed by atoms with van der Waals surface area (Å²) in [5.74, 6) is -0.148. The van der Waals surface area contributed by atoms with Gasteiger partial charge < -0.3 is 9.47 Å². The average Bonchev–Trinajstić information content (AvgIpc) is 3.18. The van der Waals surface area contributed by atoms with Gasteiger partial charge in [-0.15, -0.1) is 0 Å². The Balaban J connectivity index is 1.62. The predicted molar refractivity (Wildman–Crippen MR) is 122 cm³/mol. The number of hydrogen-bond acceptors (Lipinski definition) is 4. The maximum absolute atomic E-state index is 13.5. The Kier molecular flexibility index (Phi) is 4.84. The molecule has 5 aromatic rings. The Morgan fingerprint density at radius 1 is 1.10 bits per heavy atom. The van der Waals surface area contributed by atoms with Crippen molar-refractivity contribution in [2.75, 3.05) is 4.90 Å². The predicted octanol–water partition coefficient (Wildman–Crippen LogP) is 5.02. The highest BCUT2D eigenvalue weighted by Gasteiger charge is 2.22. The Labute approximate surface area is 183 Å². The van der Waals surface area contributed by atoms with Crippen LogP contribution in [0.2, 0.25) is 5.15 Å². The largest absolute Gasteiger partial charge is 0.334 e. The zero-order valence-corrected chi connectivity index (χ0v) is 17.5. The number of amides is 1. The molecule has 0 radical (unpaired) electrons. The molecule has 5 rings (SSSR count). The molecule has 7 heteroatoms. The van der Waals surface area contributed by atoms with Gasteiger partial charge in [0.05, 0.1) is 35.2 Å². The van der Waals surface area contributed by atoms with E-state index >= 15 is 0 Å².